The first-order chi connectivity index (χ1) is 13.4. The maximum atomic E-state index is 12.1. The Morgan fingerprint density at radius 3 is 2.50 bits per heavy atom. The van der Waals surface area contributed by atoms with Crippen LogP contribution in [0.2, 0.25) is 10.0 Å². The fourth-order valence-electron chi connectivity index (χ4n) is 2.81. The van der Waals surface area contributed by atoms with Crippen molar-refractivity contribution < 1.29 is 19.4 Å². The average molecular weight is 418 g/mol. The van der Waals surface area contributed by atoms with Gasteiger partial charge in [-0.2, -0.15) is 0 Å². The summed E-state index contributed by atoms with van der Waals surface area (Å²) in [4.78, 5) is 23.5. The molecule has 0 radical (unpaired) electrons. The Labute approximate surface area is 171 Å². The lowest BCUT2D eigenvalue weighted by Crippen LogP contribution is -2.30. The van der Waals surface area contributed by atoms with Crippen molar-refractivity contribution in [3.63, 3.8) is 0 Å². The van der Waals surface area contributed by atoms with E-state index in [1.54, 1.807) is 12.1 Å². The third-order valence-electron chi connectivity index (χ3n) is 4.11. The molecule has 0 spiro atoms. The van der Waals surface area contributed by atoms with Crippen LogP contribution in [0.5, 0.6) is 5.75 Å². The first-order valence-corrected chi connectivity index (χ1v) is 9.29. The molecule has 5 nitrogen and oxygen atoms in total. The molecule has 0 heterocycles. The van der Waals surface area contributed by atoms with E-state index in [1.807, 2.05) is 30.3 Å². The molecular weight excluding hydrogens is 401 g/mol. The number of ether oxygens (including phenoxy) is 1. The Morgan fingerprint density at radius 2 is 1.79 bits per heavy atom. The number of benzene rings is 3. The van der Waals surface area contributed by atoms with Crippen LogP contribution in [0.1, 0.15) is 15.9 Å². The molecule has 3 aromatic rings. The van der Waals surface area contributed by atoms with Gasteiger partial charge in [-0.25, -0.2) is 4.79 Å². The molecule has 28 heavy (non-hydrogen) atoms. The lowest BCUT2D eigenvalue weighted by molar-refractivity contribution is -0.123. The van der Waals surface area contributed by atoms with E-state index in [2.05, 4.69) is 5.32 Å². The number of carbonyl (C=O) groups excluding carboxylic acids is 1. The van der Waals surface area contributed by atoms with Crippen molar-refractivity contribution in [1.29, 1.82) is 0 Å². The van der Waals surface area contributed by atoms with Gasteiger partial charge in [-0.3, -0.25) is 4.79 Å². The highest BCUT2D eigenvalue weighted by atomic mass is 35.5. The zero-order valence-electron chi connectivity index (χ0n) is 14.7. The van der Waals surface area contributed by atoms with Crippen LogP contribution in [-0.4, -0.2) is 30.1 Å². The summed E-state index contributed by atoms with van der Waals surface area (Å²) in [5.41, 5.74) is 1.14. The second-order valence-corrected chi connectivity index (χ2v) is 6.98. The summed E-state index contributed by atoms with van der Waals surface area (Å²) in [5, 5.41) is 13.8. The lowest BCUT2D eigenvalue weighted by Gasteiger charge is -2.12. The van der Waals surface area contributed by atoms with Crippen molar-refractivity contribution in [2.75, 3.05) is 13.2 Å². The Hall–Kier alpha value is -2.76. The van der Waals surface area contributed by atoms with Gasteiger partial charge < -0.3 is 15.2 Å². The number of carboxylic acids is 1. The van der Waals surface area contributed by atoms with Gasteiger partial charge in [-0.15, -0.1) is 0 Å². The number of rotatable bonds is 7. The van der Waals surface area contributed by atoms with E-state index in [4.69, 9.17) is 27.9 Å². The highest BCUT2D eigenvalue weighted by molar-refractivity contribution is 6.39. The molecule has 3 aromatic carbocycles. The molecule has 1 amide bonds. The van der Waals surface area contributed by atoms with E-state index in [9.17, 15) is 14.7 Å². The minimum absolute atomic E-state index is 0.0188. The molecule has 0 bridgehead atoms. The van der Waals surface area contributed by atoms with E-state index < -0.39 is 5.97 Å². The molecule has 3 rings (SSSR count). The zero-order chi connectivity index (χ0) is 20.1. The Kier molecular flexibility index (Phi) is 6.39. The van der Waals surface area contributed by atoms with Gasteiger partial charge in [-0.1, -0.05) is 53.5 Å². The largest absolute Gasteiger partial charge is 0.483 e. The molecule has 0 saturated heterocycles. The summed E-state index contributed by atoms with van der Waals surface area (Å²) < 4.78 is 5.59. The first-order valence-electron chi connectivity index (χ1n) is 8.53. The second-order valence-electron chi connectivity index (χ2n) is 6.14. The van der Waals surface area contributed by atoms with Crippen molar-refractivity contribution in [3.05, 3.63) is 75.8 Å². The van der Waals surface area contributed by atoms with Gasteiger partial charge in [0.05, 0.1) is 10.6 Å². The van der Waals surface area contributed by atoms with E-state index >= 15 is 0 Å². The number of hydrogen-bond acceptors (Lipinski definition) is 3. The van der Waals surface area contributed by atoms with Gasteiger partial charge in [0.1, 0.15) is 5.75 Å². The molecule has 0 aromatic heterocycles. The van der Waals surface area contributed by atoms with Crippen molar-refractivity contribution >= 4 is 45.9 Å². The summed E-state index contributed by atoms with van der Waals surface area (Å²) >= 11 is 12.3. The number of halogens is 2. The van der Waals surface area contributed by atoms with Gasteiger partial charge in [0.15, 0.2) is 6.61 Å². The summed E-state index contributed by atoms with van der Waals surface area (Å²) in [6, 6.07) is 15.7. The van der Waals surface area contributed by atoms with Crippen LogP contribution < -0.4 is 10.1 Å². The fourth-order valence-corrected chi connectivity index (χ4v) is 3.41. The Balaban J connectivity index is 1.70. The smallest absolute Gasteiger partial charge is 0.335 e. The number of nitrogens with one attached hydrogen (secondary N) is 1. The zero-order valence-corrected chi connectivity index (χ0v) is 16.3. The maximum absolute atomic E-state index is 12.1. The number of fused-ring (bicyclic) bond motifs is 1. The molecule has 2 N–H and O–H groups in total. The van der Waals surface area contributed by atoms with Crippen molar-refractivity contribution in [3.8, 4) is 5.75 Å². The number of amides is 1. The lowest BCUT2D eigenvalue weighted by atomic mass is 10.1. The van der Waals surface area contributed by atoms with Crippen LogP contribution in [0.4, 0.5) is 0 Å². The molecule has 0 aliphatic carbocycles. The molecule has 0 aliphatic rings. The molecule has 0 aliphatic heterocycles. The molecule has 0 fully saturated rings. The molecule has 0 atom stereocenters. The second kappa shape index (κ2) is 8.95. The molecule has 0 unspecified atom stereocenters. The van der Waals surface area contributed by atoms with Crippen LogP contribution >= 0.6 is 23.2 Å². The highest BCUT2D eigenvalue weighted by Crippen LogP contribution is 2.36. The van der Waals surface area contributed by atoms with Crippen LogP contribution in [-0.2, 0) is 11.2 Å². The van der Waals surface area contributed by atoms with Gasteiger partial charge in [0.2, 0.25) is 0 Å². The van der Waals surface area contributed by atoms with Gasteiger partial charge in [0.25, 0.3) is 5.91 Å². The minimum atomic E-state index is -1.12. The predicted molar refractivity (Wildman–Crippen MR) is 110 cm³/mol. The van der Waals surface area contributed by atoms with Crippen molar-refractivity contribution in [2.45, 2.75) is 6.42 Å². The SMILES string of the molecule is O=C(COc1cc(C(=O)O)cc2cc(Cl)cc(Cl)c12)NCCc1ccccc1. The maximum Gasteiger partial charge on any atom is 0.335 e. The molecule has 0 saturated carbocycles. The van der Waals surface area contributed by atoms with Gasteiger partial charge >= 0.3 is 5.97 Å². The number of carboxylic acid groups (broad SMARTS) is 1. The summed E-state index contributed by atoms with van der Waals surface area (Å²) in [5.74, 6) is -1.21. The monoisotopic (exact) mass is 417 g/mol. The van der Waals surface area contributed by atoms with Crippen LogP contribution in [0.3, 0.4) is 0 Å². The number of carbonyl (C=O) groups is 2. The minimum Gasteiger partial charge on any atom is -0.483 e. The average Bonchev–Trinajstić information content (AvgIpc) is 2.66. The normalized spacial score (nSPS) is 10.6. The topological polar surface area (TPSA) is 75.6 Å². The summed E-state index contributed by atoms with van der Waals surface area (Å²) in [6.45, 7) is 0.213. The number of hydrogen-bond donors (Lipinski definition) is 2. The van der Waals surface area contributed by atoms with Crippen LogP contribution in [0, 0.1) is 0 Å². The molecule has 144 valence electrons. The fraction of sp³-hybridized carbons (Fsp3) is 0.143. The van der Waals surface area contributed by atoms with Crippen LogP contribution in [0.15, 0.2) is 54.6 Å². The van der Waals surface area contributed by atoms with E-state index in [0.29, 0.717) is 33.8 Å². The van der Waals surface area contributed by atoms with E-state index in [1.165, 1.54) is 12.1 Å². The quantitative estimate of drug-likeness (QED) is 0.589. The van der Waals surface area contributed by atoms with Gasteiger partial charge in [-0.05, 0) is 41.6 Å². The third-order valence-corrected chi connectivity index (χ3v) is 4.63. The predicted octanol–water partition coefficient (Wildman–Crippen LogP) is 4.58. The van der Waals surface area contributed by atoms with E-state index in [0.717, 1.165) is 5.56 Å². The Morgan fingerprint density at radius 1 is 1.04 bits per heavy atom. The molecule has 7 heteroatoms. The van der Waals surface area contributed by atoms with Crippen molar-refractivity contribution in [1.82, 2.24) is 5.32 Å². The summed E-state index contributed by atoms with van der Waals surface area (Å²) in [6.07, 6.45) is 0.703. The van der Waals surface area contributed by atoms with Crippen molar-refractivity contribution in [2.24, 2.45) is 0 Å². The molecular formula is C21H17Cl2NO4. The highest BCUT2D eigenvalue weighted by Gasteiger charge is 2.15. The van der Waals surface area contributed by atoms with E-state index in [-0.39, 0.29) is 23.8 Å². The first kappa shape index (κ1) is 20.0. The Bertz CT molecular complexity index is 1020. The third kappa shape index (κ3) is 4.94. The standard InChI is InChI=1S/C21H17Cl2NO4/c22-16-9-14-8-15(21(26)27)10-18(20(14)17(23)11-16)28-12-19(25)24-7-6-13-4-2-1-3-5-13/h1-5,8-11H,6-7,12H2,(H,24,25)(H,26,27). The summed E-state index contributed by atoms with van der Waals surface area (Å²) in [7, 11) is 0. The van der Waals surface area contributed by atoms with Crippen LogP contribution in [0.25, 0.3) is 10.8 Å². The van der Waals surface area contributed by atoms with Gasteiger partial charge in [0, 0.05) is 17.0 Å². The number of aromatic carboxylic acids is 1.